The minimum absolute atomic E-state index is 0.167. The van der Waals surface area contributed by atoms with Crippen molar-refractivity contribution in [3.63, 3.8) is 0 Å². The van der Waals surface area contributed by atoms with Crippen LogP contribution in [0.25, 0.3) is 16.7 Å². The zero-order valence-corrected chi connectivity index (χ0v) is 16.4. The molecule has 1 N–H and O–H groups in total. The van der Waals surface area contributed by atoms with Crippen molar-refractivity contribution in [2.45, 2.75) is 6.92 Å². The molecule has 1 aliphatic heterocycles. The van der Waals surface area contributed by atoms with Crippen LogP contribution in [0.15, 0.2) is 54.6 Å². The van der Waals surface area contributed by atoms with E-state index in [0.29, 0.717) is 28.3 Å². The number of rotatable bonds is 4. The Bertz CT molecular complexity index is 1260. The Balaban J connectivity index is 1.43. The van der Waals surface area contributed by atoms with E-state index in [1.54, 1.807) is 30.1 Å². The minimum atomic E-state index is -0.238. The van der Waals surface area contributed by atoms with Crippen molar-refractivity contribution < 1.29 is 19.0 Å². The van der Waals surface area contributed by atoms with E-state index < -0.39 is 0 Å². The number of carbonyl (C=O) groups is 1. The Labute approximate surface area is 172 Å². The highest BCUT2D eigenvalue weighted by Gasteiger charge is 2.17. The van der Waals surface area contributed by atoms with Gasteiger partial charge in [0.25, 0.3) is 5.91 Å². The molecule has 1 aromatic heterocycles. The lowest BCUT2D eigenvalue weighted by Gasteiger charge is -2.08. The number of aryl methyl sites for hydroxylation is 1. The van der Waals surface area contributed by atoms with Crippen molar-refractivity contribution in [3.05, 3.63) is 65.7 Å². The molecule has 0 aliphatic carbocycles. The predicted octanol–water partition coefficient (Wildman–Crippen LogP) is 3.72. The molecule has 0 bridgehead atoms. The third-order valence-electron chi connectivity index (χ3n) is 4.91. The number of hydrogen-bond donors (Lipinski definition) is 1. The number of anilines is 1. The number of hydrogen-bond acceptors (Lipinski definition) is 6. The number of aromatic nitrogens is 3. The molecule has 1 amide bonds. The number of benzene rings is 3. The Kier molecular flexibility index (Phi) is 4.24. The van der Waals surface area contributed by atoms with Gasteiger partial charge in [-0.1, -0.05) is 0 Å². The predicted molar refractivity (Wildman–Crippen MR) is 111 cm³/mol. The summed E-state index contributed by atoms with van der Waals surface area (Å²) in [6.07, 6.45) is 0. The summed E-state index contributed by atoms with van der Waals surface area (Å²) in [5, 5.41) is 12.0. The van der Waals surface area contributed by atoms with Crippen molar-refractivity contribution in [1.82, 2.24) is 15.0 Å². The summed E-state index contributed by atoms with van der Waals surface area (Å²) in [6.45, 7) is 2.08. The first-order valence-corrected chi connectivity index (χ1v) is 9.34. The quantitative estimate of drug-likeness (QED) is 0.560. The molecule has 4 aromatic rings. The summed E-state index contributed by atoms with van der Waals surface area (Å²) in [6, 6.07) is 16.3. The highest BCUT2D eigenvalue weighted by molar-refractivity contribution is 6.05. The van der Waals surface area contributed by atoms with E-state index in [0.717, 1.165) is 22.5 Å². The third-order valence-corrected chi connectivity index (χ3v) is 4.91. The van der Waals surface area contributed by atoms with Crippen LogP contribution in [-0.2, 0) is 0 Å². The maximum atomic E-state index is 12.7. The van der Waals surface area contributed by atoms with Gasteiger partial charge in [-0.15, -0.1) is 10.2 Å². The van der Waals surface area contributed by atoms with Gasteiger partial charge < -0.3 is 19.5 Å². The lowest BCUT2D eigenvalue weighted by Crippen LogP contribution is -2.12. The lowest BCUT2D eigenvalue weighted by atomic mass is 10.1. The average molecular weight is 402 g/mol. The first-order chi connectivity index (χ1) is 14.6. The molecule has 0 fully saturated rings. The Morgan fingerprint density at radius 1 is 1.00 bits per heavy atom. The third kappa shape index (κ3) is 3.18. The van der Waals surface area contributed by atoms with Gasteiger partial charge in [-0.3, -0.25) is 4.79 Å². The van der Waals surface area contributed by atoms with E-state index in [1.807, 2.05) is 43.3 Å². The van der Waals surface area contributed by atoms with Gasteiger partial charge in [-0.25, -0.2) is 0 Å². The first kappa shape index (κ1) is 18.0. The van der Waals surface area contributed by atoms with E-state index in [4.69, 9.17) is 14.2 Å². The van der Waals surface area contributed by atoms with Gasteiger partial charge >= 0.3 is 0 Å². The summed E-state index contributed by atoms with van der Waals surface area (Å²) in [5.74, 6) is 1.73. The number of nitrogens with zero attached hydrogens (tertiary/aromatic N) is 3. The highest BCUT2D eigenvalue weighted by atomic mass is 16.7. The molecule has 150 valence electrons. The topological polar surface area (TPSA) is 87.5 Å². The molecule has 0 spiro atoms. The maximum Gasteiger partial charge on any atom is 0.255 e. The molecule has 8 nitrogen and oxygen atoms in total. The van der Waals surface area contributed by atoms with E-state index in [9.17, 15) is 4.79 Å². The van der Waals surface area contributed by atoms with Gasteiger partial charge in [0.1, 0.15) is 16.8 Å². The zero-order valence-electron chi connectivity index (χ0n) is 16.4. The molecule has 5 rings (SSSR count). The number of methoxy groups -OCH3 is 1. The van der Waals surface area contributed by atoms with Crippen LogP contribution in [0.5, 0.6) is 17.2 Å². The number of amides is 1. The van der Waals surface area contributed by atoms with Crippen molar-refractivity contribution >= 4 is 22.6 Å². The van der Waals surface area contributed by atoms with Crippen molar-refractivity contribution in [2.24, 2.45) is 0 Å². The van der Waals surface area contributed by atoms with Crippen LogP contribution in [-0.4, -0.2) is 34.8 Å². The molecule has 0 atom stereocenters. The van der Waals surface area contributed by atoms with Gasteiger partial charge in [-0.2, -0.15) is 4.80 Å². The van der Waals surface area contributed by atoms with Crippen LogP contribution in [0.2, 0.25) is 0 Å². The fourth-order valence-corrected chi connectivity index (χ4v) is 3.27. The second-order valence-corrected chi connectivity index (χ2v) is 6.87. The molecular weight excluding hydrogens is 384 g/mol. The number of carbonyl (C=O) groups excluding carboxylic acids is 1. The number of ether oxygens (including phenoxy) is 3. The number of nitrogens with one attached hydrogen (secondary N) is 1. The molecule has 3 aromatic carbocycles. The SMILES string of the molecule is COc1ccc(-n2nc3cc(C)c(NC(=O)c4ccc5c(c4)OCO5)cc3n2)cc1. The van der Waals surface area contributed by atoms with Crippen molar-refractivity contribution in [3.8, 4) is 22.9 Å². The molecule has 8 heteroatoms. The van der Waals surface area contributed by atoms with Crippen LogP contribution in [0, 0.1) is 6.92 Å². The fourth-order valence-electron chi connectivity index (χ4n) is 3.27. The molecule has 1 aliphatic rings. The Morgan fingerprint density at radius 3 is 2.50 bits per heavy atom. The molecule has 2 heterocycles. The Morgan fingerprint density at radius 2 is 1.73 bits per heavy atom. The maximum absolute atomic E-state index is 12.7. The molecule has 0 saturated heterocycles. The average Bonchev–Trinajstić information content (AvgIpc) is 3.40. The molecular formula is C22H18N4O4. The highest BCUT2D eigenvalue weighted by Crippen LogP contribution is 2.33. The fraction of sp³-hybridized carbons (Fsp3) is 0.136. The number of fused-ring (bicyclic) bond motifs is 2. The summed E-state index contributed by atoms with van der Waals surface area (Å²) in [7, 11) is 1.62. The molecule has 30 heavy (non-hydrogen) atoms. The first-order valence-electron chi connectivity index (χ1n) is 9.34. The van der Waals surface area contributed by atoms with Crippen LogP contribution in [0.1, 0.15) is 15.9 Å². The zero-order chi connectivity index (χ0) is 20.7. The summed E-state index contributed by atoms with van der Waals surface area (Å²) < 4.78 is 15.8. The monoisotopic (exact) mass is 402 g/mol. The normalized spacial score (nSPS) is 12.2. The van der Waals surface area contributed by atoms with E-state index in [1.165, 1.54) is 0 Å². The van der Waals surface area contributed by atoms with Gasteiger partial charge in [0, 0.05) is 11.3 Å². The van der Waals surface area contributed by atoms with Crippen LogP contribution in [0.3, 0.4) is 0 Å². The van der Waals surface area contributed by atoms with E-state index >= 15 is 0 Å². The second-order valence-electron chi connectivity index (χ2n) is 6.87. The molecule has 0 unspecified atom stereocenters. The second kappa shape index (κ2) is 7.07. The smallest absolute Gasteiger partial charge is 0.255 e. The van der Waals surface area contributed by atoms with Crippen LogP contribution in [0.4, 0.5) is 5.69 Å². The van der Waals surface area contributed by atoms with Crippen LogP contribution >= 0.6 is 0 Å². The largest absolute Gasteiger partial charge is 0.497 e. The van der Waals surface area contributed by atoms with Crippen molar-refractivity contribution in [2.75, 3.05) is 19.2 Å². The van der Waals surface area contributed by atoms with E-state index in [-0.39, 0.29) is 12.7 Å². The Hall–Kier alpha value is -4.07. The van der Waals surface area contributed by atoms with Gasteiger partial charge in [-0.05, 0) is 67.1 Å². The molecule has 0 radical (unpaired) electrons. The summed E-state index contributed by atoms with van der Waals surface area (Å²) >= 11 is 0. The van der Waals surface area contributed by atoms with Gasteiger partial charge in [0.05, 0.1) is 12.8 Å². The standard InChI is InChI=1S/C22H18N4O4/c1-13-9-18-19(25-26(24-18)15-4-6-16(28-2)7-5-15)11-17(13)23-22(27)14-3-8-20-21(10-14)30-12-29-20/h3-11H,12H2,1-2H3,(H,23,27). The summed E-state index contributed by atoms with van der Waals surface area (Å²) in [5.41, 5.74) is 4.28. The van der Waals surface area contributed by atoms with Gasteiger partial charge in [0.15, 0.2) is 11.5 Å². The van der Waals surface area contributed by atoms with Crippen LogP contribution < -0.4 is 19.5 Å². The van der Waals surface area contributed by atoms with Gasteiger partial charge in [0.2, 0.25) is 6.79 Å². The summed E-state index contributed by atoms with van der Waals surface area (Å²) in [4.78, 5) is 14.3. The molecule has 0 saturated carbocycles. The van der Waals surface area contributed by atoms with Crippen molar-refractivity contribution in [1.29, 1.82) is 0 Å². The minimum Gasteiger partial charge on any atom is -0.497 e. The lowest BCUT2D eigenvalue weighted by molar-refractivity contribution is 0.102. The van der Waals surface area contributed by atoms with E-state index in [2.05, 4.69) is 15.5 Å².